The molecule has 0 amide bonds. The molecule has 1 saturated heterocycles. The van der Waals surface area contributed by atoms with Gasteiger partial charge in [0, 0.05) is 39.4 Å². The Balaban J connectivity index is 1.63. The van der Waals surface area contributed by atoms with Crippen molar-refractivity contribution in [2.45, 2.75) is 18.9 Å². The van der Waals surface area contributed by atoms with Crippen LogP contribution in [0.5, 0.6) is 0 Å². The lowest BCUT2D eigenvalue weighted by molar-refractivity contribution is 0.524. The van der Waals surface area contributed by atoms with Crippen molar-refractivity contribution in [2.75, 3.05) is 42.3 Å². The second-order valence-electron chi connectivity index (χ2n) is 6.32. The third kappa shape index (κ3) is 3.97. The summed E-state index contributed by atoms with van der Waals surface area (Å²) >= 11 is 0. The number of nitriles is 1. The van der Waals surface area contributed by atoms with Crippen LogP contribution in [0, 0.1) is 17.1 Å². The average Bonchev–Trinajstić information content (AvgIpc) is 2.62. The van der Waals surface area contributed by atoms with E-state index < -0.39 is 0 Å². The van der Waals surface area contributed by atoms with Crippen molar-refractivity contribution >= 4 is 17.5 Å². The van der Waals surface area contributed by atoms with E-state index in [0.29, 0.717) is 17.6 Å². The van der Waals surface area contributed by atoms with Crippen LogP contribution in [0.4, 0.5) is 21.8 Å². The first kappa shape index (κ1) is 17.0. The maximum Gasteiger partial charge on any atom is 0.226 e. The van der Waals surface area contributed by atoms with E-state index in [1.165, 1.54) is 12.1 Å². The molecule has 0 aliphatic carbocycles. The van der Waals surface area contributed by atoms with Gasteiger partial charge in [-0.25, -0.2) is 9.37 Å². The minimum atomic E-state index is -0.377. The second kappa shape index (κ2) is 7.34. The highest BCUT2D eigenvalue weighted by Gasteiger charge is 2.21. The van der Waals surface area contributed by atoms with Gasteiger partial charge in [0.1, 0.15) is 17.7 Å². The Morgan fingerprint density at radius 2 is 2.04 bits per heavy atom. The number of benzene rings is 1. The van der Waals surface area contributed by atoms with Crippen molar-refractivity contribution in [2.24, 2.45) is 0 Å². The van der Waals surface area contributed by atoms with Crippen LogP contribution >= 0.6 is 0 Å². The van der Waals surface area contributed by atoms with Crippen LogP contribution in [-0.2, 0) is 0 Å². The Morgan fingerprint density at radius 1 is 1.28 bits per heavy atom. The Morgan fingerprint density at radius 3 is 2.72 bits per heavy atom. The molecule has 0 atom stereocenters. The highest BCUT2D eigenvalue weighted by atomic mass is 19.1. The number of anilines is 3. The molecule has 0 bridgehead atoms. The third-order valence-corrected chi connectivity index (χ3v) is 4.31. The van der Waals surface area contributed by atoms with Crippen molar-refractivity contribution in [1.29, 1.82) is 5.26 Å². The van der Waals surface area contributed by atoms with Gasteiger partial charge < -0.3 is 15.1 Å². The van der Waals surface area contributed by atoms with Crippen LogP contribution in [0.1, 0.15) is 18.4 Å². The Bertz CT molecular complexity index is 777. The molecule has 1 N–H and O–H groups in total. The molecule has 1 aliphatic heterocycles. The average molecular weight is 340 g/mol. The molecule has 2 heterocycles. The highest BCUT2D eigenvalue weighted by molar-refractivity contribution is 5.59. The number of aromatic nitrogens is 2. The fourth-order valence-corrected chi connectivity index (χ4v) is 2.99. The topological polar surface area (TPSA) is 68.1 Å². The predicted octanol–water partition coefficient (Wildman–Crippen LogP) is 2.63. The molecule has 130 valence electrons. The van der Waals surface area contributed by atoms with Gasteiger partial charge in [-0.15, -0.1) is 0 Å². The number of piperidine rings is 1. The van der Waals surface area contributed by atoms with E-state index in [1.807, 2.05) is 25.1 Å². The summed E-state index contributed by atoms with van der Waals surface area (Å²) in [5.41, 5.74) is 1.19. The lowest BCUT2D eigenvalue weighted by Gasteiger charge is -2.34. The molecule has 1 fully saturated rings. The van der Waals surface area contributed by atoms with Gasteiger partial charge in [-0.05, 0) is 37.1 Å². The van der Waals surface area contributed by atoms with Crippen LogP contribution in [0.25, 0.3) is 0 Å². The van der Waals surface area contributed by atoms with Gasteiger partial charge in [0.15, 0.2) is 0 Å². The second-order valence-corrected chi connectivity index (χ2v) is 6.32. The van der Waals surface area contributed by atoms with Crippen LogP contribution < -0.4 is 15.1 Å². The van der Waals surface area contributed by atoms with Gasteiger partial charge in [-0.3, -0.25) is 0 Å². The molecule has 0 saturated carbocycles. The molecule has 0 spiro atoms. The van der Waals surface area contributed by atoms with Gasteiger partial charge in [-0.1, -0.05) is 0 Å². The van der Waals surface area contributed by atoms with E-state index in [1.54, 1.807) is 12.3 Å². The molecule has 7 heteroatoms. The summed E-state index contributed by atoms with van der Waals surface area (Å²) in [5.74, 6) is 1.11. The highest BCUT2D eigenvalue weighted by Crippen LogP contribution is 2.25. The normalized spacial score (nSPS) is 14.9. The van der Waals surface area contributed by atoms with Gasteiger partial charge in [0.05, 0.1) is 11.3 Å². The zero-order valence-electron chi connectivity index (χ0n) is 14.4. The van der Waals surface area contributed by atoms with Crippen LogP contribution in [-0.4, -0.2) is 43.2 Å². The van der Waals surface area contributed by atoms with Crippen molar-refractivity contribution in [3.05, 3.63) is 41.8 Å². The monoisotopic (exact) mass is 340 g/mol. The molecular formula is C18H21FN6. The molecule has 1 aromatic carbocycles. The molecule has 1 aliphatic rings. The first-order valence-corrected chi connectivity index (χ1v) is 8.28. The number of halogens is 1. The van der Waals surface area contributed by atoms with Crippen molar-refractivity contribution < 1.29 is 4.39 Å². The quantitative estimate of drug-likeness (QED) is 0.923. The smallest absolute Gasteiger partial charge is 0.226 e. The minimum Gasteiger partial charge on any atom is -0.370 e. The molecule has 0 radical (unpaired) electrons. The molecular weight excluding hydrogens is 319 g/mol. The van der Waals surface area contributed by atoms with E-state index in [-0.39, 0.29) is 5.82 Å². The standard InChI is InChI=1S/C18H21FN6/c1-24(2)18-21-8-5-17(23-18)22-15-6-9-25(10-7-15)16-4-3-14(19)11-13(16)12-20/h3-5,8,11,15H,6-7,9-10H2,1-2H3,(H,21,22,23). The Kier molecular flexibility index (Phi) is 4.98. The number of rotatable bonds is 4. The van der Waals surface area contributed by atoms with Crippen molar-refractivity contribution in [3.8, 4) is 6.07 Å². The first-order chi connectivity index (χ1) is 12.1. The SMILES string of the molecule is CN(C)c1nccc(NC2CCN(c3ccc(F)cc3C#N)CC2)n1. The van der Waals surface area contributed by atoms with Gasteiger partial charge >= 0.3 is 0 Å². The lowest BCUT2D eigenvalue weighted by Crippen LogP contribution is -2.39. The van der Waals surface area contributed by atoms with E-state index >= 15 is 0 Å². The molecule has 2 aromatic rings. The summed E-state index contributed by atoms with van der Waals surface area (Å²) in [4.78, 5) is 12.7. The largest absolute Gasteiger partial charge is 0.370 e. The lowest BCUT2D eigenvalue weighted by atomic mass is 10.0. The van der Waals surface area contributed by atoms with Gasteiger partial charge in [0.25, 0.3) is 0 Å². The summed E-state index contributed by atoms with van der Waals surface area (Å²) in [5, 5.41) is 12.7. The first-order valence-electron chi connectivity index (χ1n) is 8.28. The van der Waals surface area contributed by atoms with Crippen molar-refractivity contribution in [3.63, 3.8) is 0 Å². The number of hydrogen-bond acceptors (Lipinski definition) is 6. The Hall–Kier alpha value is -2.88. The molecule has 25 heavy (non-hydrogen) atoms. The predicted molar refractivity (Wildman–Crippen MR) is 96.3 cm³/mol. The zero-order chi connectivity index (χ0) is 17.8. The zero-order valence-corrected chi connectivity index (χ0v) is 14.4. The van der Waals surface area contributed by atoms with E-state index in [2.05, 4.69) is 26.3 Å². The maximum absolute atomic E-state index is 13.3. The molecule has 6 nitrogen and oxygen atoms in total. The molecule has 0 unspecified atom stereocenters. The Labute approximate surface area is 146 Å². The van der Waals surface area contributed by atoms with Crippen LogP contribution in [0.2, 0.25) is 0 Å². The summed E-state index contributed by atoms with van der Waals surface area (Å²) < 4.78 is 13.3. The van der Waals surface area contributed by atoms with Crippen molar-refractivity contribution in [1.82, 2.24) is 9.97 Å². The van der Waals surface area contributed by atoms with E-state index in [9.17, 15) is 9.65 Å². The third-order valence-electron chi connectivity index (χ3n) is 4.31. The fraction of sp³-hybridized carbons (Fsp3) is 0.389. The van der Waals surface area contributed by atoms with Gasteiger partial charge in [-0.2, -0.15) is 10.2 Å². The van der Waals surface area contributed by atoms with Crippen LogP contribution in [0.15, 0.2) is 30.5 Å². The van der Waals surface area contributed by atoms with E-state index in [4.69, 9.17) is 0 Å². The molecule has 1 aromatic heterocycles. The summed E-state index contributed by atoms with van der Waals surface area (Å²) in [7, 11) is 3.82. The minimum absolute atomic E-state index is 0.312. The van der Waals surface area contributed by atoms with E-state index in [0.717, 1.165) is 37.4 Å². The number of nitrogens with one attached hydrogen (secondary N) is 1. The van der Waals surface area contributed by atoms with Crippen LogP contribution in [0.3, 0.4) is 0 Å². The summed E-state index contributed by atoms with van der Waals surface area (Å²) in [6.07, 6.45) is 3.59. The maximum atomic E-state index is 13.3. The fourth-order valence-electron chi connectivity index (χ4n) is 2.99. The number of nitrogens with zero attached hydrogens (tertiary/aromatic N) is 5. The summed E-state index contributed by atoms with van der Waals surface area (Å²) in [6.45, 7) is 1.62. The number of hydrogen-bond donors (Lipinski definition) is 1. The molecule has 3 rings (SSSR count). The summed E-state index contributed by atoms with van der Waals surface area (Å²) in [6, 6.07) is 8.65. The van der Waals surface area contributed by atoms with Gasteiger partial charge in [0.2, 0.25) is 5.95 Å².